The minimum absolute atomic E-state index is 0.157. The van der Waals surface area contributed by atoms with Crippen molar-refractivity contribution in [1.29, 1.82) is 0 Å². The van der Waals surface area contributed by atoms with Crippen molar-refractivity contribution in [2.75, 3.05) is 0 Å². The molecule has 0 amide bonds. The van der Waals surface area contributed by atoms with Gasteiger partial charge in [0.05, 0.1) is 5.69 Å². The lowest BCUT2D eigenvalue weighted by Gasteiger charge is -2.23. The maximum atomic E-state index is 6.34. The molecule has 2 heteroatoms. The Morgan fingerprint density at radius 3 is 1.54 bits per heavy atom. The Hall–Kier alpha value is -8.59. The third kappa shape index (κ3) is 6.59. The molecule has 12 aromatic rings. The summed E-state index contributed by atoms with van der Waals surface area (Å²) in [6, 6.07) is 74.7. The van der Waals surface area contributed by atoms with Crippen LogP contribution in [-0.2, 0) is 6.42 Å². The Kier molecular flexibility index (Phi) is 9.20. The van der Waals surface area contributed by atoms with Crippen LogP contribution in [0, 0.1) is 0 Å². The van der Waals surface area contributed by atoms with E-state index in [9.17, 15) is 0 Å². The minimum Gasteiger partial charge on any atom is -0.436 e. The van der Waals surface area contributed by atoms with E-state index in [0.29, 0.717) is 5.89 Å². The number of aryl methyl sites for hydroxylation is 1. The number of benzene rings is 11. The van der Waals surface area contributed by atoms with E-state index in [1.807, 2.05) is 0 Å². The summed E-state index contributed by atoms with van der Waals surface area (Å²) >= 11 is 0. The maximum Gasteiger partial charge on any atom is 0.226 e. The number of rotatable bonds is 6. The molecular formula is C67H45NO. The zero-order chi connectivity index (χ0) is 45.4. The van der Waals surface area contributed by atoms with Crippen molar-refractivity contribution in [3.8, 4) is 44.5 Å². The van der Waals surface area contributed by atoms with Crippen LogP contribution >= 0.6 is 0 Å². The SMILES string of the molecule is C1=Cc2oc(C3=CC(c4c5ccccc5c(-c5cccc(-c6ccc7c(-c8ccc9ccccc9c8)c8ccccc8c(-c8ccc9ccccc9c8)c7c6)c5)c5ccccc45)CC=C3)nc2CC1. The minimum atomic E-state index is 0.157. The molecule has 14 rings (SSSR count). The monoisotopic (exact) mass is 879 g/mol. The van der Waals surface area contributed by atoms with Gasteiger partial charge in [0, 0.05) is 11.5 Å². The first-order valence-electron chi connectivity index (χ1n) is 24.3. The molecule has 11 aromatic carbocycles. The summed E-state index contributed by atoms with van der Waals surface area (Å²) in [7, 11) is 0. The summed E-state index contributed by atoms with van der Waals surface area (Å²) in [5.74, 6) is 1.76. The molecule has 0 spiro atoms. The van der Waals surface area contributed by atoms with Gasteiger partial charge in [-0.2, -0.15) is 0 Å². The lowest BCUT2D eigenvalue weighted by atomic mass is 9.80. The fourth-order valence-corrected chi connectivity index (χ4v) is 11.6. The van der Waals surface area contributed by atoms with E-state index < -0.39 is 0 Å². The van der Waals surface area contributed by atoms with Gasteiger partial charge in [0.25, 0.3) is 0 Å². The summed E-state index contributed by atoms with van der Waals surface area (Å²) in [6.07, 6.45) is 14.0. The molecule has 0 saturated carbocycles. The standard InChI is InChI=1S/C67H45NO/c1-3-17-44-37-50(33-31-42(44)15-1)65-57-27-9-10-28-58(57)66(51-34-32-43-16-2-4-18-45(43)38-51)60-41-47(35-36-59(60)65)46-19-13-20-48(39-46)63-53-23-5-7-25-55(53)64(56-26-8-6-24-54(56)63)49-21-14-22-52(40-49)67-68-61-29-11-12-30-62(61)69-67/h1-10,12-20,22-28,30-41,49H,11,21,29H2. The number of fused-ring (bicyclic) bond motifs is 7. The van der Waals surface area contributed by atoms with Crippen LogP contribution in [0.2, 0.25) is 0 Å². The molecule has 1 aromatic heterocycles. The van der Waals surface area contributed by atoms with Crippen LogP contribution in [0.5, 0.6) is 0 Å². The van der Waals surface area contributed by atoms with Gasteiger partial charge in [-0.1, -0.05) is 200 Å². The van der Waals surface area contributed by atoms with Crippen LogP contribution in [0.1, 0.15) is 41.7 Å². The van der Waals surface area contributed by atoms with E-state index in [2.05, 4.69) is 231 Å². The first kappa shape index (κ1) is 39.6. The van der Waals surface area contributed by atoms with E-state index in [1.54, 1.807) is 0 Å². The summed E-state index contributed by atoms with van der Waals surface area (Å²) in [5, 5.41) is 15.0. The number of allylic oxidation sites excluding steroid dienone is 5. The third-order valence-corrected chi connectivity index (χ3v) is 14.8. The molecule has 69 heavy (non-hydrogen) atoms. The van der Waals surface area contributed by atoms with Gasteiger partial charge in [0.2, 0.25) is 5.89 Å². The van der Waals surface area contributed by atoms with Gasteiger partial charge in [-0.3, -0.25) is 0 Å². The van der Waals surface area contributed by atoms with Gasteiger partial charge in [-0.25, -0.2) is 4.98 Å². The molecule has 1 heterocycles. The van der Waals surface area contributed by atoms with Crippen molar-refractivity contribution >= 4 is 76.3 Å². The van der Waals surface area contributed by atoms with Crippen LogP contribution in [0.15, 0.2) is 229 Å². The van der Waals surface area contributed by atoms with Crippen LogP contribution < -0.4 is 0 Å². The zero-order valence-corrected chi connectivity index (χ0v) is 38.0. The molecule has 1 atom stereocenters. The van der Waals surface area contributed by atoms with Crippen LogP contribution in [0.4, 0.5) is 0 Å². The number of aromatic nitrogens is 1. The number of nitrogens with zero attached hydrogens (tertiary/aromatic N) is 1. The Bertz CT molecular complexity index is 4120. The molecular weight excluding hydrogens is 835 g/mol. The van der Waals surface area contributed by atoms with Crippen molar-refractivity contribution in [3.05, 3.63) is 247 Å². The fraction of sp³-hybridized carbons (Fsp3) is 0.0597. The Morgan fingerprint density at radius 2 is 0.899 bits per heavy atom. The first-order valence-corrected chi connectivity index (χ1v) is 24.3. The maximum absolute atomic E-state index is 6.34. The van der Waals surface area contributed by atoms with Gasteiger partial charge in [-0.15, -0.1) is 0 Å². The van der Waals surface area contributed by atoms with Gasteiger partial charge < -0.3 is 4.42 Å². The second-order valence-electron chi connectivity index (χ2n) is 18.8. The van der Waals surface area contributed by atoms with Gasteiger partial charge in [-0.05, 0) is 164 Å². The Morgan fingerprint density at radius 1 is 0.391 bits per heavy atom. The molecule has 0 aliphatic heterocycles. The lowest BCUT2D eigenvalue weighted by Crippen LogP contribution is -2.03. The number of oxazole rings is 1. The summed E-state index contributed by atoms with van der Waals surface area (Å²) in [5.41, 5.74) is 13.3. The highest BCUT2D eigenvalue weighted by Gasteiger charge is 2.25. The van der Waals surface area contributed by atoms with E-state index in [1.165, 1.54) is 115 Å². The molecule has 0 fully saturated rings. The quantitative estimate of drug-likeness (QED) is 0.156. The zero-order valence-electron chi connectivity index (χ0n) is 38.0. The van der Waals surface area contributed by atoms with E-state index in [4.69, 9.17) is 9.40 Å². The molecule has 0 N–H and O–H groups in total. The van der Waals surface area contributed by atoms with Crippen molar-refractivity contribution in [3.63, 3.8) is 0 Å². The highest BCUT2D eigenvalue weighted by molar-refractivity contribution is 6.23. The Balaban J connectivity index is 0.956. The van der Waals surface area contributed by atoms with Gasteiger partial charge in [0.15, 0.2) is 5.76 Å². The molecule has 0 saturated heterocycles. The number of hydrogen-bond acceptors (Lipinski definition) is 2. The molecule has 0 radical (unpaired) electrons. The lowest BCUT2D eigenvalue weighted by molar-refractivity contribution is 0.530. The summed E-state index contributed by atoms with van der Waals surface area (Å²) in [4.78, 5) is 4.97. The molecule has 2 aliphatic carbocycles. The topological polar surface area (TPSA) is 26.0 Å². The predicted octanol–water partition coefficient (Wildman–Crippen LogP) is 18.3. The van der Waals surface area contributed by atoms with Crippen molar-refractivity contribution < 1.29 is 4.42 Å². The molecule has 324 valence electrons. The van der Waals surface area contributed by atoms with E-state index >= 15 is 0 Å². The van der Waals surface area contributed by atoms with Crippen LogP contribution in [-0.4, -0.2) is 4.98 Å². The average molecular weight is 880 g/mol. The molecule has 2 nitrogen and oxygen atoms in total. The largest absolute Gasteiger partial charge is 0.436 e. The molecule has 0 bridgehead atoms. The first-order chi connectivity index (χ1) is 34.2. The molecule has 1 unspecified atom stereocenters. The second kappa shape index (κ2) is 16.0. The number of hydrogen-bond donors (Lipinski definition) is 0. The van der Waals surface area contributed by atoms with E-state index in [-0.39, 0.29) is 5.92 Å². The average Bonchev–Trinajstić information content (AvgIpc) is 3.86. The van der Waals surface area contributed by atoms with Crippen LogP contribution in [0.25, 0.3) is 121 Å². The van der Waals surface area contributed by atoms with Crippen molar-refractivity contribution in [2.24, 2.45) is 0 Å². The predicted molar refractivity (Wildman–Crippen MR) is 292 cm³/mol. The van der Waals surface area contributed by atoms with Crippen LogP contribution in [0.3, 0.4) is 0 Å². The fourth-order valence-electron chi connectivity index (χ4n) is 11.6. The highest BCUT2D eigenvalue weighted by atomic mass is 16.4. The van der Waals surface area contributed by atoms with Gasteiger partial charge >= 0.3 is 0 Å². The molecule has 2 aliphatic rings. The highest BCUT2D eigenvalue weighted by Crippen LogP contribution is 2.48. The smallest absolute Gasteiger partial charge is 0.226 e. The third-order valence-electron chi connectivity index (χ3n) is 14.8. The summed E-state index contributed by atoms with van der Waals surface area (Å²) in [6.45, 7) is 0. The van der Waals surface area contributed by atoms with Crippen molar-refractivity contribution in [2.45, 2.75) is 25.2 Å². The Labute approximate surface area is 400 Å². The second-order valence-corrected chi connectivity index (χ2v) is 18.8. The summed E-state index contributed by atoms with van der Waals surface area (Å²) < 4.78 is 6.34. The van der Waals surface area contributed by atoms with Crippen molar-refractivity contribution in [1.82, 2.24) is 4.98 Å². The normalized spacial score (nSPS) is 14.6. The van der Waals surface area contributed by atoms with E-state index in [0.717, 1.165) is 36.3 Å². The van der Waals surface area contributed by atoms with Gasteiger partial charge in [0.1, 0.15) is 0 Å².